The summed E-state index contributed by atoms with van der Waals surface area (Å²) >= 11 is 6.99. The number of benzene rings is 1. The van der Waals surface area contributed by atoms with Gasteiger partial charge in [0.1, 0.15) is 23.0 Å². The Bertz CT molecular complexity index is 1010. The first kappa shape index (κ1) is 19.3. The number of methoxy groups -OCH3 is 1. The van der Waals surface area contributed by atoms with E-state index in [9.17, 15) is 14.7 Å². The van der Waals surface area contributed by atoms with E-state index >= 15 is 0 Å². The third-order valence-corrected chi connectivity index (χ3v) is 5.05. The molecule has 2 heterocycles. The molecule has 0 aliphatic heterocycles. The number of carboxylic acid groups (broad SMARTS) is 1. The van der Waals surface area contributed by atoms with Gasteiger partial charge in [0, 0.05) is 23.9 Å². The van der Waals surface area contributed by atoms with Crippen molar-refractivity contribution in [1.29, 1.82) is 0 Å². The predicted molar refractivity (Wildman–Crippen MR) is 103 cm³/mol. The molecule has 0 unspecified atom stereocenters. The number of fused-ring (bicyclic) bond motifs is 1. The summed E-state index contributed by atoms with van der Waals surface area (Å²) in [6.45, 7) is 0.854. The van der Waals surface area contributed by atoms with Gasteiger partial charge in [-0.2, -0.15) is 0 Å². The number of thiophene rings is 1. The van der Waals surface area contributed by atoms with Crippen molar-refractivity contribution < 1.29 is 19.4 Å². The minimum atomic E-state index is -1.14. The topological polar surface area (TPSA) is 90.7 Å². The molecule has 0 amide bonds. The Hall–Kier alpha value is -2.42. The van der Waals surface area contributed by atoms with Gasteiger partial charge in [-0.05, 0) is 24.3 Å². The number of halogens is 1. The first-order chi connectivity index (χ1) is 13.0. The second-order valence-electron chi connectivity index (χ2n) is 5.66. The molecule has 0 bridgehead atoms. The van der Waals surface area contributed by atoms with Crippen molar-refractivity contribution in [2.75, 3.05) is 20.3 Å². The summed E-state index contributed by atoms with van der Waals surface area (Å²) in [7, 11) is 1.57. The maximum absolute atomic E-state index is 12.9. The molecule has 0 aliphatic carbocycles. The zero-order valence-corrected chi connectivity index (χ0v) is 16.0. The van der Waals surface area contributed by atoms with Crippen LogP contribution in [0.5, 0.6) is 5.75 Å². The lowest BCUT2D eigenvalue weighted by molar-refractivity contribution is 0.0699. The highest BCUT2D eigenvalue weighted by Crippen LogP contribution is 2.22. The predicted octanol–water partition coefficient (Wildman–Crippen LogP) is 3.08. The monoisotopic (exact) mass is 408 g/mol. The molecule has 2 aromatic heterocycles. The standard InChI is InChI=1S/C18H17ClN2O5S/c1-25-8-6-14-20-16-15(13(10-27-16)18(23)24)17(22)21(14)7-9-26-12-4-2-11(19)3-5-12/h2-5,10H,6-9H2,1H3,(H,23,24). The molecule has 7 nitrogen and oxygen atoms in total. The molecule has 142 valence electrons. The van der Waals surface area contributed by atoms with Crippen LogP contribution >= 0.6 is 22.9 Å². The van der Waals surface area contributed by atoms with E-state index in [1.807, 2.05) is 0 Å². The van der Waals surface area contributed by atoms with Crippen LogP contribution in [0.1, 0.15) is 16.2 Å². The van der Waals surface area contributed by atoms with E-state index in [2.05, 4.69) is 4.98 Å². The van der Waals surface area contributed by atoms with Crippen LogP contribution < -0.4 is 10.3 Å². The number of aromatic nitrogens is 2. The van der Waals surface area contributed by atoms with Crippen molar-refractivity contribution in [2.24, 2.45) is 0 Å². The lowest BCUT2D eigenvalue weighted by Gasteiger charge is -2.13. The van der Waals surface area contributed by atoms with Crippen LogP contribution in [0.4, 0.5) is 0 Å². The minimum Gasteiger partial charge on any atom is -0.492 e. The number of carboxylic acids is 1. The van der Waals surface area contributed by atoms with Gasteiger partial charge in [-0.25, -0.2) is 9.78 Å². The molecule has 0 atom stereocenters. The van der Waals surface area contributed by atoms with Crippen molar-refractivity contribution in [2.45, 2.75) is 13.0 Å². The summed E-state index contributed by atoms with van der Waals surface area (Å²) in [6, 6.07) is 6.90. The summed E-state index contributed by atoms with van der Waals surface area (Å²) in [4.78, 5) is 29.2. The van der Waals surface area contributed by atoms with Crippen LogP contribution in [0, 0.1) is 0 Å². The lowest BCUT2D eigenvalue weighted by Crippen LogP contribution is -2.28. The number of nitrogens with zero attached hydrogens (tertiary/aromatic N) is 2. The number of aromatic carboxylic acids is 1. The Morgan fingerprint density at radius 3 is 2.70 bits per heavy atom. The molecule has 0 saturated carbocycles. The van der Waals surface area contributed by atoms with Gasteiger partial charge in [0.25, 0.3) is 5.56 Å². The van der Waals surface area contributed by atoms with Gasteiger partial charge in [0.15, 0.2) is 0 Å². The molecule has 0 radical (unpaired) electrons. The number of carbonyl (C=O) groups is 1. The first-order valence-corrected chi connectivity index (χ1v) is 9.38. The molecule has 1 aromatic carbocycles. The molecular formula is C18H17ClN2O5S. The van der Waals surface area contributed by atoms with Gasteiger partial charge >= 0.3 is 5.97 Å². The highest BCUT2D eigenvalue weighted by Gasteiger charge is 2.19. The van der Waals surface area contributed by atoms with Gasteiger partial charge < -0.3 is 14.6 Å². The summed E-state index contributed by atoms with van der Waals surface area (Å²) in [5.74, 6) is 0.0169. The Labute approximate surface area is 163 Å². The Morgan fingerprint density at radius 1 is 1.30 bits per heavy atom. The van der Waals surface area contributed by atoms with Gasteiger partial charge in [0.2, 0.25) is 0 Å². The molecule has 27 heavy (non-hydrogen) atoms. The third-order valence-electron chi connectivity index (χ3n) is 3.93. The van der Waals surface area contributed by atoms with E-state index in [0.29, 0.717) is 34.5 Å². The number of hydrogen-bond acceptors (Lipinski definition) is 6. The van der Waals surface area contributed by atoms with E-state index in [1.54, 1.807) is 31.4 Å². The zero-order valence-electron chi connectivity index (χ0n) is 14.5. The molecule has 0 saturated heterocycles. The molecule has 3 rings (SSSR count). The first-order valence-electron chi connectivity index (χ1n) is 8.12. The van der Waals surface area contributed by atoms with Gasteiger partial charge in [-0.15, -0.1) is 11.3 Å². The number of ether oxygens (including phenoxy) is 2. The largest absolute Gasteiger partial charge is 0.492 e. The van der Waals surface area contributed by atoms with Crippen LogP contribution in [0.3, 0.4) is 0 Å². The van der Waals surface area contributed by atoms with E-state index < -0.39 is 5.97 Å². The summed E-state index contributed by atoms with van der Waals surface area (Å²) < 4.78 is 12.2. The third kappa shape index (κ3) is 4.29. The SMILES string of the molecule is COCCc1nc2scc(C(=O)O)c2c(=O)n1CCOc1ccc(Cl)cc1. The minimum absolute atomic E-state index is 0.0295. The molecule has 1 N–H and O–H groups in total. The average Bonchev–Trinajstić information content (AvgIpc) is 3.08. The molecule has 0 fully saturated rings. The second kappa shape index (κ2) is 8.51. The normalized spacial score (nSPS) is 11.0. The van der Waals surface area contributed by atoms with E-state index in [0.717, 1.165) is 11.3 Å². The Kier molecular flexibility index (Phi) is 6.10. The van der Waals surface area contributed by atoms with Crippen LogP contribution in [0.2, 0.25) is 5.02 Å². The van der Waals surface area contributed by atoms with Crippen LogP contribution in [0.25, 0.3) is 10.2 Å². The second-order valence-corrected chi connectivity index (χ2v) is 6.96. The lowest BCUT2D eigenvalue weighted by atomic mass is 10.2. The maximum atomic E-state index is 12.9. The molecule has 3 aromatic rings. The van der Waals surface area contributed by atoms with Crippen LogP contribution in [-0.4, -0.2) is 41.0 Å². The fourth-order valence-corrected chi connectivity index (χ4v) is 3.67. The fourth-order valence-electron chi connectivity index (χ4n) is 2.62. The average molecular weight is 409 g/mol. The summed E-state index contributed by atoms with van der Waals surface area (Å²) in [5, 5.41) is 11.5. The van der Waals surface area contributed by atoms with E-state index in [-0.39, 0.29) is 29.7 Å². The van der Waals surface area contributed by atoms with Crippen molar-refractivity contribution in [3.05, 3.63) is 56.4 Å². The number of hydrogen-bond donors (Lipinski definition) is 1. The highest BCUT2D eigenvalue weighted by atomic mass is 35.5. The molecular weight excluding hydrogens is 392 g/mol. The highest BCUT2D eigenvalue weighted by molar-refractivity contribution is 7.17. The van der Waals surface area contributed by atoms with Gasteiger partial charge in [-0.3, -0.25) is 9.36 Å². The summed E-state index contributed by atoms with van der Waals surface area (Å²) in [5.41, 5.74) is -0.414. The van der Waals surface area contributed by atoms with Gasteiger partial charge in [0.05, 0.1) is 24.1 Å². The summed E-state index contributed by atoms with van der Waals surface area (Å²) in [6.07, 6.45) is 0.433. The van der Waals surface area contributed by atoms with E-state index in [4.69, 9.17) is 21.1 Å². The molecule has 0 spiro atoms. The Balaban J connectivity index is 1.91. The van der Waals surface area contributed by atoms with E-state index in [1.165, 1.54) is 9.95 Å². The zero-order chi connectivity index (χ0) is 19.4. The Morgan fingerprint density at radius 2 is 2.04 bits per heavy atom. The maximum Gasteiger partial charge on any atom is 0.337 e. The van der Waals surface area contributed by atoms with Crippen molar-refractivity contribution in [1.82, 2.24) is 9.55 Å². The number of rotatable bonds is 8. The van der Waals surface area contributed by atoms with Crippen LogP contribution in [-0.2, 0) is 17.7 Å². The molecule has 0 aliphatic rings. The quantitative estimate of drug-likeness (QED) is 0.616. The fraction of sp³-hybridized carbons (Fsp3) is 0.278. The van der Waals surface area contributed by atoms with Gasteiger partial charge in [-0.1, -0.05) is 11.6 Å². The van der Waals surface area contributed by atoms with Crippen molar-refractivity contribution >= 4 is 39.1 Å². The van der Waals surface area contributed by atoms with Crippen molar-refractivity contribution in [3.8, 4) is 5.75 Å². The smallest absolute Gasteiger partial charge is 0.337 e. The molecule has 9 heteroatoms. The van der Waals surface area contributed by atoms with Crippen LogP contribution in [0.15, 0.2) is 34.4 Å². The van der Waals surface area contributed by atoms with Crippen molar-refractivity contribution in [3.63, 3.8) is 0 Å².